The zero-order chi connectivity index (χ0) is 22.5. The van der Waals surface area contributed by atoms with Gasteiger partial charge in [0, 0.05) is 20.1 Å². The van der Waals surface area contributed by atoms with E-state index in [0.717, 1.165) is 18.6 Å². The molecule has 3 N–H and O–H groups in total. The minimum Gasteiger partial charge on any atom is -0.393 e. The molecule has 1 aliphatic carbocycles. The lowest BCUT2D eigenvalue weighted by atomic mass is 10.1. The maximum atomic E-state index is 13.2. The maximum absolute atomic E-state index is 13.2. The molecule has 1 aromatic carbocycles. The van der Waals surface area contributed by atoms with E-state index in [2.05, 4.69) is 10.3 Å². The van der Waals surface area contributed by atoms with Crippen LogP contribution in [0.4, 0.5) is 24.9 Å². The predicted octanol–water partition coefficient (Wildman–Crippen LogP) is 2.13. The van der Waals surface area contributed by atoms with Crippen molar-refractivity contribution >= 4 is 17.7 Å². The van der Waals surface area contributed by atoms with Gasteiger partial charge in [-0.1, -0.05) is 12.1 Å². The van der Waals surface area contributed by atoms with Crippen LogP contribution in [0.1, 0.15) is 40.9 Å². The quantitative estimate of drug-likeness (QED) is 0.676. The van der Waals surface area contributed by atoms with Crippen molar-refractivity contribution in [1.82, 2.24) is 14.5 Å². The predicted molar refractivity (Wildman–Crippen MR) is 106 cm³/mol. The second-order valence-electron chi connectivity index (χ2n) is 8.06. The summed E-state index contributed by atoms with van der Waals surface area (Å²) in [6.45, 7) is -0.0648. The molecule has 4 rings (SSSR count). The van der Waals surface area contributed by atoms with Gasteiger partial charge >= 0.3 is 6.18 Å². The Morgan fingerprint density at radius 3 is 2.42 bits per heavy atom. The summed E-state index contributed by atoms with van der Waals surface area (Å²) in [6.07, 6.45) is -4.06. The van der Waals surface area contributed by atoms with Crippen molar-refractivity contribution < 1.29 is 28.2 Å². The number of hydrogen-bond donors (Lipinski definition) is 3. The molecule has 0 radical (unpaired) electrons. The lowest BCUT2D eigenvalue weighted by Crippen LogP contribution is -2.53. The molecule has 1 fully saturated rings. The number of alkyl halides is 3. The third-order valence-corrected chi connectivity index (χ3v) is 5.87. The van der Waals surface area contributed by atoms with E-state index >= 15 is 0 Å². The van der Waals surface area contributed by atoms with Gasteiger partial charge < -0.3 is 25.0 Å². The Morgan fingerprint density at radius 2 is 1.84 bits per heavy atom. The van der Waals surface area contributed by atoms with Crippen LogP contribution in [0.2, 0.25) is 0 Å². The highest BCUT2D eigenvalue weighted by molar-refractivity contribution is 6.00. The minimum absolute atomic E-state index is 0.0335. The van der Waals surface area contributed by atoms with E-state index in [9.17, 15) is 28.2 Å². The molecule has 1 amide bonds. The number of anilines is 2. The zero-order valence-corrected chi connectivity index (χ0v) is 17.1. The number of aliphatic hydroxyl groups excluding tert-OH is 2. The Morgan fingerprint density at radius 1 is 1.16 bits per heavy atom. The maximum Gasteiger partial charge on any atom is 0.416 e. The first-order valence-electron chi connectivity index (χ1n) is 9.95. The highest BCUT2D eigenvalue weighted by Gasteiger charge is 2.40. The summed E-state index contributed by atoms with van der Waals surface area (Å²) < 4.78 is 40.0. The first-order valence-corrected chi connectivity index (χ1v) is 9.95. The van der Waals surface area contributed by atoms with E-state index in [4.69, 9.17) is 0 Å². The first-order chi connectivity index (χ1) is 14.6. The number of rotatable bonds is 4. The summed E-state index contributed by atoms with van der Waals surface area (Å²) in [4.78, 5) is 20.2. The number of carbonyl (C=O) groups excluding carboxylic acids is 1. The molecule has 31 heavy (non-hydrogen) atoms. The van der Waals surface area contributed by atoms with E-state index < -0.39 is 24.0 Å². The van der Waals surface area contributed by atoms with E-state index in [0.29, 0.717) is 30.2 Å². The number of fused-ring (bicyclic) bond motifs is 1. The molecule has 1 unspecified atom stereocenters. The average molecular weight is 439 g/mol. The van der Waals surface area contributed by atoms with Crippen molar-refractivity contribution in [1.29, 1.82) is 0 Å². The fourth-order valence-electron chi connectivity index (χ4n) is 4.08. The summed E-state index contributed by atoms with van der Waals surface area (Å²) in [5, 5.41) is 23.6. The number of aliphatic hydroxyl groups is 2. The molecule has 1 aliphatic heterocycles. The molecular weight excluding hydrogens is 415 g/mol. The van der Waals surface area contributed by atoms with Crippen molar-refractivity contribution in [2.75, 3.05) is 17.3 Å². The number of nitrogens with zero attached hydrogens (tertiary/aromatic N) is 4. The molecule has 3 atom stereocenters. The molecule has 2 aliphatic rings. The lowest BCUT2D eigenvalue weighted by Gasteiger charge is -2.38. The third kappa shape index (κ3) is 3.94. The molecule has 2 heterocycles. The number of imidazole rings is 1. The Hall–Kier alpha value is -2.79. The summed E-state index contributed by atoms with van der Waals surface area (Å²) in [6, 6.07) is 4.52. The molecule has 0 spiro atoms. The standard InChI is InChI=1S/C20H24F3N5O3/c1-26-15-16(25-18(26)24-13-7-8-14(29)9-13)27(2)19(31)28(17(15)30)10-11-3-5-12(6-4-11)20(21,22)23/h3-6,13-14,19,29,31H,7-10H2,1-2H3,(H,24,25)/t13-,14-,19?/m0/s1. The molecule has 1 saturated carbocycles. The van der Waals surface area contributed by atoms with Gasteiger partial charge in [0.15, 0.2) is 11.5 Å². The molecule has 168 valence electrons. The summed E-state index contributed by atoms with van der Waals surface area (Å²) in [5.41, 5.74) is -0.0565. The van der Waals surface area contributed by atoms with Crippen LogP contribution in [0.25, 0.3) is 0 Å². The highest BCUT2D eigenvalue weighted by Crippen LogP contribution is 2.33. The van der Waals surface area contributed by atoms with Crippen LogP contribution in [0, 0.1) is 0 Å². The van der Waals surface area contributed by atoms with Gasteiger partial charge in [0.2, 0.25) is 12.3 Å². The largest absolute Gasteiger partial charge is 0.416 e. The van der Waals surface area contributed by atoms with Crippen molar-refractivity contribution in [2.24, 2.45) is 7.05 Å². The van der Waals surface area contributed by atoms with Crippen LogP contribution in [0.3, 0.4) is 0 Å². The number of carbonyl (C=O) groups is 1. The van der Waals surface area contributed by atoms with Crippen LogP contribution >= 0.6 is 0 Å². The van der Waals surface area contributed by atoms with Crippen LogP contribution in [0.15, 0.2) is 24.3 Å². The van der Waals surface area contributed by atoms with Crippen LogP contribution in [0.5, 0.6) is 0 Å². The van der Waals surface area contributed by atoms with Gasteiger partial charge in [0.1, 0.15) is 0 Å². The summed E-state index contributed by atoms with van der Waals surface area (Å²) in [5.74, 6) is 0.285. The molecule has 0 saturated heterocycles. The summed E-state index contributed by atoms with van der Waals surface area (Å²) >= 11 is 0. The van der Waals surface area contributed by atoms with Crippen molar-refractivity contribution in [3.63, 3.8) is 0 Å². The van der Waals surface area contributed by atoms with E-state index in [1.165, 1.54) is 21.9 Å². The Kier molecular flexibility index (Phi) is 5.34. The lowest BCUT2D eigenvalue weighted by molar-refractivity contribution is -0.137. The van der Waals surface area contributed by atoms with Gasteiger partial charge in [0.25, 0.3) is 5.91 Å². The Balaban J connectivity index is 1.57. The first kappa shape index (κ1) is 21.4. The Bertz CT molecular complexity index is 976. The number of aromatic nitrogens is 2. The molecule has 2 aromatic rings. The van der Waals surface area contributed by atoms with Crippen LogP contribution < -0.4 is 10.2 Å². The number of nitrogens with one attached hydrogen (secondary N) is 1. The molecule has 1 aromatic heterocycles. The molecule has 11 heteroatoms. The van der Waals surface area contributed by atoms with E-state index in [-0.39, 0.29) is 24.4 Å². The third-order valence-electron chi connectivity index (χ3n) is 5.87. The second-order valence-corrected chi connectivity index (χ2v) is 8.06. The van der Waals surface area contributed by atoms with Crippen LogP contribution in [-0.4, -0.2) is 56.1 Å². The Labute approximate surface area is 176 Å². The number of hydrogen-bond acceptors (Lipinski definition) is 6. The van der Waals surface area contributed by atoms with Gasteiger partial charge in [-0.2, -0.15) is 18.2 Å². The number of amides is 1. The molecule has 8 nitrogen and oxygen atoms in total. The smallest absolute Gasteiger partial charge is 0.393 e. The summed E-state index contributed by atoms with van der Waals surface area (Å²) in [7, 11) is 3.27. The van der Waals surface area contributed by atoms with E-state index in [1.54, 1.807) is 18.7 Å². The monoisotopic (exact) mass is 439 g/mol. The fraction of sp³-hybridized carbons (Fsp3) is 0.500. The highest BCUT2D eigenvalue weighted by atomic mass is 19.4. The second kappa shape index (κ2) is 7.72. The normalized spacial score (nSPS) is 24.0. The molecular formula is C20H24F3N5O3. The number of halogens is 3. The van der Waals surface area contributed by atoms with Gasteiger partial charge in [-0.05, 0) is 37.0 Å². The van der Waals surface area contributed by atoms with Gasteiger partial charge in [0.05, 0.1) is 18.2 Å². The topological polar surface area (TPSA) is 93.9 Å². The van der Waals surface area contributed by atoms with Crippen LogP contribution in [-0.2, 0) is 19.8 Å². The SMILES string of the molecule is CN1c2nc(N[C@H]3CC[C@H](O)C3)n(C)c2C(=O)N(Cc2ccc(C(F)(F)F)cc2)C1O. The van der Waals surface area contributed by atoms with Gasteiger partial charge in [-0.3, -0.25) is 9.69 Å². The zero-order valence-electron chi connectivity index (χ0n) is 17.1. The van der Waals surface area contributed by atoms with Crippen molar-refractivity contribution in [3.05, 3.63) is 41.1 Å². The van der Waals surface area contributed by atoms with Crippen molar-refractivity contribution in [2.45, 2.75) is 50.5 Å². The average Bonchev–Trinajstić information content (AvgIpc) is 3.26. The van der Waals surface area contributed by atoms with Gasteiger partial charge in [-0.25, -0.2) is 0 Å². The fourth-order valence-corrected chi connectivity index (χ4v) is 4.08. The minimum atomic E-state index is -4.44. The molecule has 0 bridgehead atoms. The van der Waals surface area contributed by atoms with Gasteiger partial charge in [-0.15, -0.1) is 0 Å². The van der Waals surface area contributed by atoms with E-state index in [1.807, 2.05) is 0 Å². The number of benzene rings is 1. The van der Waals surface area contributed by atoms with Crippen molar-refractivity contribution in [3.8, 4) is 0 Å².